The lowest BCUT2D eigenvalue weighted by atomic mass is 10.1. The van der Waals surface area contributed by atoms with Crippen LogP contribution in [0.25, 0.3) is 0 Å². The topological polar surface area (TPSA) is 78.9 Å². The van der Waals surface area contributed by atoms with Crippen LogP contribution in [0.4, 0.5) is 0 Å². The Bertz CT molecular complexity index is 1490. The van der Waals surface area contributed by atoms with Gasteiger partial charge in [0.15, 0.2) is 6.10 Å². The van der Waals surface area contributed by atoms with Crippen molar-refractivity contribution >= 4 is 17.9 Å². The van der Waals surface area contributed by atoms with E-state index in [4.69, 9.17) is 14.2 Å². The quantitative estimate of drug-likeness (QED) is 0.0262. The average Bonchev–Trinajstić information content (AvgIpc) is 3.36. The van der Waals surface area contributed by atoms with Crippen molar-refractivity contribution in [3.05, 3.63) is 122 Å². The van der Waals surface area contributed by atoms with E-state index in [1.165, 1.54) is 44.9 Å². The Morgan fingerprint density at radius 2 is 0.557 bits per heavy atom. The van der Waals surface area contributed by atoms with Crippen molar-refractivity contribution in [2.45, 2.75) is 252 Å². The smallest absolute Gasteiger partial charge is 0.306 e. The molecule has 396 valence electrons. The van der Waals surface area contributed by atoms with Crippen LogP contribution in [0.1, 0.15) is 245 Å². The summed E-state index contributed by atoms with van der Waals surface area (Å²) in [4.78, 5) is 38.0. The van der Waals surface area contributed by atoms with Gasteiger partial charge in [-0.1, -0.05) is 239 Å². The molecular formula is C64H104O6. The van der Waals surface area contributed by atoms with Gasteiger partial charge in [0.1, 0.15) is 13.2 Å². The molecule has 0 aliphatic heterocycles. The summed E-state index contributed by atoms with van der Waals surface area (Å²) in [5.41, 5.74) is 0. The Labute approximate surface area is 431 Å². The Hall–Kier alpha value is -4.19. The van der Waals surface area contributed by atoms with Crippen LogP contribution in [0.5, 0.6) is 0 Å². The highest BCUT2D eigenvalue weighted by Gasteiger charge is 2.19. The van der Waals surface area contributed by atoms with Crippen molar-refractivity contribution in [2.75, 3.05) is 13.2 Å². The first-order valence-corrected chi connectivity index (χ1v) is 28.5. The number of hydrogen-bond donors (Lipinski definition) is 0. The van der Waals surface area contributed by atoms with E-state index < -0.39 is 6.10 Å². The van der Waals surface area contributed by atoms with Gasteiger partial charge in [0, 0.05) is 19.3 Å². The molecule has 0 bridgehead atoms. The molecule has 0 amide bonds. The molecule has 1 atom stereocenters. The summed E-state index contributed by atoms with van der Waals surface area (Å²) < 4.78 is 16.8. The molecule has 0 aromatic rings. The molecule has 0 heterocycles. The average molecular weight is 970 g/mol. The normalized spacial score (nSPS) is 13.0. The van der Waals surface area contributed by atoms with Gasteiger partial charge < -0.3 is 14.2 Å². The molecule has 0 saturated heterocycles. The van der Waals surface area contributed by atoms with Crippen molar-refractivity contribution in [1.29, 1.82) is 0 Å². The van der Waals surface area contributed by atoms with Crippen molar-refractivity contribution in [2.24, 2.45) is 0 Å². The van der Waals surface area contributed by atoms with Crippen LogP contribution in [0.3, 0.4) is 0 Å². The number of allylic oxidation sites excluding steroid dienone is 20. The Morgan fingerprint density at radius 1 is 0.300 bits per heavy atom. The van der Waals surface area contributed by atoms with Gasteiger partial charge in [0.05, 0.1) is 0 Å². The van der Waals surface area contributed by atoms with Gasteiger partial charge >= 0.3 is 17.9 Å². The molecule has 6 nitrogen and oxygen atoms in total. The highest BCUT2D eigenvalue weighted by Crippen LogP contribution is 2.14. The predicted octanol–water partition coefficient (Wildman–Crippen LogP) is 19.3. The minimum atomic E-state index is -0.796. The molecule has 0 fully saturated rings. The number of rotatable bonds is 50. The molecular weight excluding hydrogens is 865 g/mol. The standard InChI is InChI=1S/C64H104O6/c1-4-7-10-13-16-19-22-24-26-27-28-29-30-31-32-33-34-35-36-37-39-40-42-45-48-51-54-57-63(66)69-60-61(59-68-62(65)56-53-50-47-44-21-18-15-12-9-6-3)70-64(67)58-55-52-49-46-43-41-38-25-23-20-17-14-11-8-5-2/h7-8,10-11,16-17,19-20,24-26,28-29,31-32,34-35,37-39,61H,4-6,9,12-15,18,21-23,27,30,33,36,40-60H2,1-3H3/b10-7-,11-8-,19-16-,20-17-,26-24-,29-28-,32-31-,35-34-,38-25-,39-37-. The van der Waals surface area contributed by atoms with Crippen LogP contribution in [-0.2, 0) is 28.6 Å². The van der Waals surface area contributed by atoms with E-state index in [1.807, 2.05) is 0 Å². The van der Waals surface area contributed by atoms with Crippen molar-refractivity contribution in [1.82, 2.24) is 0 Å². The zero-order valence-corrected chi connectivity index (χ0v) is 45.2. The van der Waals surface area contributed by atoms with E-state index >= 15 is 0 Å². The molecule has 70 heavy (non-hydrogen) atoms. The lowest BCUT2D eigenvalue weighted by molar-refractivity contribution is -0.167. The van der Waals surface area contributed by atoms with E-state index in [9.17, 15) is 14.4 Å². The maximum Gasteiger partial charge on any atom is 0.306 e. The molecule has 0 aliphatic rings. The Balaban J connectivity index is 4.35. The SMILES string of the molecule is CC/C=C\C/C=C\C/C=C\C/C=C\C/C=C\C/C=C\C/C=C\CCCCCCCC(=O)OCC(COC(=O)CCCCCCCCCCCC)OC(=O)CCCCCCC/C=C\C/C=C\C/C=C\CC. The van der Waals surface area contributed by atoms with Gasteiger partial charge in [0.25, 0.3) is 0 Å². The van der Waals surface area contributed by atoms with E-state index in [0.29, 0.717) is 19.3 Å². The molecule has 0 rings (SSSR count). The second kappa shape index (κ2) is 57.4. The number of carbonyl (C=O) groups excluding carboxylic acids is 3. The molecule has 0 saturated carbocycles. The number of unbranched alkanes of at least 4 members (excludes halogenated alkanes) is 19. The molecule has 0 aromatic heterocycles. The Kier molecular flexibility index (Phi) is 54.0. The van der Waals surface area contributed by atoms with Crippen molar-refractivity contribution < 1.29 is 28.6 Å². The summed E-state index contributed by atoms with van der Waals surface area (Å²) >= 11 is 0. The number of ether oxygens (including phenoxy) is 3. The van der Waals surface area contributed by atoms with Gasteiger partial charge in [0.2, 0.25) is 0 Å². The van der Waals surface area contributed by atoms with Crippen molar-refractivity contribution in [3.8, 4) is 0 Å². The van der Waals surface area contributed by atoms with Gasteiger partial charge in [-0.05, 0) is 109 Å². The summed E-state index contributed by atoms with van der Waals surface area (Å²) in [6.45, 7) is 6.36. The number of esters is 3. The fraction of sp³-hybridized carbons (Fsp3) is 0.641. The van der Waals surface area contributed by atoms with Crippen LogP contribution in [-0.4, -0.2) is 37.2 Å². The first-order valence-electron chi connectivity index (χ1n) is 28.5. The maximum atomic E-state index is 12.8. The summed E-state index contributed by atoms with van der Waals surface area (Å²) in [5.74, 6) is -0.934. The second-order valence-electron chi connectivity index (χ2n) is 18.4. The van der Waals surface area contributed by atoms with E-state index in [1.54, 1.807) is 0 Å². The first-order chi connectivity index (χ1) is 34.5. The van der Waals surface area contributed by atoms with Gasteiger partial charge in [-0.15, -0.1) is 0 Å². The third-order valence-electron chi connectivity index (χ3n) is 11.7. The summed E-state index contributed by atoms with van der Waals surface area (Å²) in [6.07, 6.45) is 79.1. The van der Waals surface area contributed by atoms with Gasteiger partial charge in [-0.25, -0.2) is 0 Å². The van der Waals surface area contributed by atoms with Crippen LogP contribution in [0.15, 0.2) is 122 Å². The third kappa shape index (κ3) is 54.7. The van der Waals surface area contributed by atoms with E-state index in [2.05, 4.69) is 142 Å². The van der Waals surface area contributed by atoms with Crippen LogP contribution in [0, 0.1) is 0 Å². The summed E-state index contributed by atoms with van der Waals surface area (Å²) in [5, 5.41) is 0. The molecule has 0 N–H and O–H groups in total. The largest absolute Gasteiger partial charge is 0.462 e. The maximum absolute atomic E-state index is 12.8. The molecule has 0 aromatic carbocycles. The van der Waals surface area contributed by atoms with E-state index in [-0.39, 0.29) is 31.1 Å². The van der Waals surface area contributed by atoms with Crippen LogP contribution < -0.4 is 0 Å². The fourth-order valence-corrected chi connectivity index (χ4v) is 7.49. The minimum Gasteiger partial charge on any atom is -0.462 e. The van der Waals surface area contributed by atoms with Crippen LogP contribution >= 0.6 is 0 Å². The summed E-state index contributed by atoms with van der Waals surface area (Å²) in [7, 11) is 0. The highest BCUT2D eigenvalue weighted by molar-refractivity contribution is 5.71. The molecule has 0 spiro atoms. The minimum absolute atomic E-state index is 0.0926. The fourth-order valence-electron chi connectivity index (χ4n) is 7.49. The highest BCUT2D eigenvalue weighted by atomic mass is 16.6. The predicted molar refractivity (Wildman–Crippen MR) is 302 cm³/mol. The number of carbonyl (C=O) groups is 3. The van der Waals surface area contributed by atoms with E-state index in [0.717, 1.165) is 161 Å². The molecule has 1 unspecified atom stereocenters. The molecule has 6 heteroatoms. The van der Waals surface area contributed by atoms with Crippen LogP contribution in [0.2, 0.25) is 0 Å². The third-order valence-corrected chi connectivity index (χ3v) is 11.7. The van der Waals surface area contributed by atoms with Gasteiger partial charge in [-0.3, -0.25) is 14.4 Å². The lowest BCUT2D eigenvalue weighted by Gasteiger charge is -2.18. The molecule has 0 aliphatic carbocycles. The molecule has 0 radical (unpaired) electrons. The first kappa shape index (κ1) is 65.8. The van der Waals surface area contributed by atoms with Crippen molar-refractivity contribution in [3.63, 3.8) is 0 Å². The number of hydrogen-bond acceptors (Lipinski definition) is 6. The lowest BCUT2D eigenvalue weighted by Crippen LogP contribution is -2.30. The summed E-state index contributed by atoms with van der Waals surface area (Å²) in [6, 6.07) is 0. The Morgan fingerprint density at radius 3 is 0.871 bits per heavy atom. The monoisotopic (exact) mass is 969 g/mol. The zero-order valence-electron chi connectivity index (χ0n) is 45.2. The second-order valence-corrected chi connectivity index (χ2v) is 18.4. The zero-order chi connectivity index (χ0) is 50.7. The van der Waals surface area contributed by atoms with Gasteiger partial charge in [-0.2, -0.15) is 0 Å².